The van der Waals surface area contributed by atoms with Crippen molar-refractivity contribution in [3.63, 3.8) is 0 Å². The second-order valence-electron chi connectivity index (χ2n) is 8.56. The lowest BCUT2D eigenvalue weighted by Crippen LogP contribution is -2.45. The monoisotopic (exact) mass is 411 g/mol. The Labute approximate surface area is 175 Å². The molecule has 1 aromatic heterocycles. The number of hydrogen-bond donors (Lipinski definition) is 1. The van der Waals surface area contributed by atoms with E-state index < -0.39 is 23.8 Å². The normalized spacial score (nSPS) is 28.3. The minimum absolute atomic E-state index is 0.0791. The zero-order valence-electron chi connectivity index (χ0n) is 17.3. The number of benzene rings is 1. The third-order valence-corrected chi connectivity index (χ3v) is 6.26. The molecule has 0 radical (unpaired) electrons. The highest BCUT2D eigenvalue weighted by Crippen LogP contribution is 2.43. The number of allylic oxidation sites excluding steroid dienone is 4. The van der Waals surface area contributed by atoms with Crippen molar-refractivity contribution < 1.29 is 8.78 Å². The van der Waals surface area contributed by atoms with Gasteiger partial charge in [-0.3, -0.25) is 9.36 Å². The highest BCUT2D eigenvalue weighted by Gasteiger charge is 2.46. The largest absolute Gasteiger partial charge is 0.327 e. The average molecular weight is 411 g/mol. The standard InChI is InChI=1S/C24H27F2N3O/c1-15(2)29-14-28-20-11-10-19(27)18(21(20)23(29)30)13-24(26)12-6-9-17(22(24)25)16-7-4-3-5-8-16/h3-9,12,14-15,18-19,22H,10-11,13,27H2,1-2H3/t18-,19-,22?,24?/m0/s1. The number of alkyl halides is 2. The van der Waals surface area contributed by atoms with Gasteiger partial charge in [0, 0.05) is 23.6 Å². The Morgan fingerprint density at radius 3 is 2.73 bits per heavy atom. The van der Waals surface area contributed by atoms with Crippen molar-refractivity contribution in [1.82, 2.24) is 9.55 Å². The molecule has 2 aromatic rings. The van der Waals surface area contributed by atoms with Crippen LogP contribution in [0.2, 0.25) is 0 Å². The van der Waals surface area contributed by atoms with E-state index in [0.29, 0.717) is 35.2 Å². The number of nitrogens with two attached hydrogens (primary N) is 1. The molecule has 4 rings (SSSR count). The van der Waals surface area contributed by atoms with Gasteiger partial charge in [-0.25, -0.2) is 13.8 Å². The van der Waals surface area contributed by atoms with Crippen LogP contribution in [-0.4, -0.2) is 27.4 Å². The molecule has 6 heteroatoms. The molecular weight excluding hydrogens is 384 g/mol. The molecule has 2 N–H and O–H groups in total. The Bertz CT molecular complexity index is 1040. The van der Waals surface area contributed by atoms with Gasteiger partial charge in [0.15, 0.2) is 11.8 Å². The number of hydrogen-bond acceptors (Lipinski definition) is 3. The van der Waals surface area contributed by atoms with Gasteiger partial charge >= 0.3 is 0 Å². The van der Waals surface area contributed by atoms with Crippen molar-refractivity contribution in [3.05, 3.63) is 82.1 Å². The predicted octanol–water partition coefficient (Wildman–Crippen LogP) is 4.27. The Morgan fingerprint density at radius 1 is 1.30 bits per heavy atom. The van der Waals surface area contributed by atoms with Crippen LogP contribution in [0, 0.1) is 0 Å². The fraction of sp³-hybridized carbons (Fsp3) is 0.417. The van der Waals surface area contributed by atoms with Gasteiger partial charge in [-0.1, -0.05) is 42.5 Å². The maximum atomic E-state index is 16.1. The van der Waals surface area contributed by atoms with Gasteiger partial charge in [0.2, 0.25) is 0 Å². The molecule has 4 nitrogen and oxygen atoms in total. The van der Waals surface area contributed by atoms with Crippen LogP contribution >= 0.6 is 0 Å². The van der Waals surface area contributed by atoms with Crippen LogP contribution in [0.5, 0.6) is 0 Å². The summed E-state index contributed by atoms with van der Waals surface area (Å²) in [4.78, 5) is 17.6. The Morgan fingerprint density at radius 2 is 2.03 bits per heavy atom. The summed E-state index contributed by atoms with van der Waals surface area (Å²) >= 11 is 0. The van der Waals surface area contributed by atoms with E-state index in [1.165, 1.54) is 10.6 Å². The quantitative estimate of drug-likeness (QED) is 0.817. The van der Waals surface area contributed by atoms with E-state index in [-0.39, 0.29) is 18.0 Å². The summed E-state index contributed by atoms with van der Waals surface area (Å²) < 4.78 is 33.1. The minimum Gasteiger partial charge on any atom is -0.327 e. The van der Waals surface area contributed by atoms with Crippen LogP contribution in [0.3, 0.4) is 0 Å². The van der Waals surface area contributed by atoms with E-state index in [1.807, 2.05) is 19.9 Å². The fourth-order valence-corrected chi connectivity index (χ4v) is 4.55. The summed E-state index contributed by atoms with van der Waals surface area (Å²) in [5.74, 6) is -0.594. The van der Waals surface area contributed by atoms with Crippen LogP contribution in [0.15, 0.2) is 59.7 Å². The Hall–Kier alpha value is -2.60. The molecule has 2 aliphatic rings. The molecule has 2 aliphatic carbocycles. The first-order chi connectivity index (χ1) is 14.3. The molecule has 0 saturated heterocycles. The van der Waals surface area contributed by atoms with Gasteiger partial charge in [0.25, 0.3) is 5.56 Å². The van der Waals surface area contributed by atoms with Gasteiger partial charge < -0.3 is 5.73 Å². The molecule has 0 fully saturated rings. The van der Waals surface area contributed by atoms with Gasteiger partial charge in [-0.2, -0.15) is 0 Å². The molecule has 1 aromatic carbocycles. The van der Waals surface area contributed by atoms with Gasteiger partial charge in [-0.15, -0.1) is 0 Å². The molecule has 0 amide bonds. The molecule has 0 bridgehead atoms. The van der Waals surface area contributed by atoms with Gasteiger partial charge in [0.05, 0.1) is 12.0 Å². The summed E-state index contributed by atoms with van der Waals surface area (Å²) in [6.45, 7) is 3.78. The SMILES string of the molecule is CC(C)n1cnc2c(c1=O)[C@@H](CC1(F)C=CC=C(c3ccccc3)C1F)[C@@H](N)CC2. The number of aryl methyl sites for hydroxylation is 1. The first-order valence-corrected chi connectivity index (χ1v) is 10.4. The van der Waals surface area contributed by atoms with Gasteiger partial charge in [0.1, 0.15) is 0 Å². The highest BCUT2D eigenvalue weighted by molar-refractivity contribution is 5.73. The van der Waals surface area contributed by atoms with Crippen molar-refractivity contribution in [1.29, 1.82) is 0 Å². The van der Waals surface area contributed by atoms with Crippen molar-refractivity contribution in [2.75, 3.05) is 0 Å². The van der Waals surface area contributed by atoms with Crippen LogP contribution < -0.4 is 11.3 Å². The summed E-state index contributed by atoms with van der Waals surface area (Å²) in [6.07, 6.45) is 5.11. The molecule has 0 saturated carbocycles. The number of aromatic nitrogens is 2. The molecule has 0 spiro atoms. The Balaban J connectivity index is 1.71. The van der Waals surface area contributed by atoms with Crippen molar-refractivity contribution in [2.45, 2.75) is 63.0 Å². The number of fused-ring (bicyclic) bond motifs is 1. The van der Waals surface area contributed by atoms with E-state index >= 15 is 8.78 Å². The summed E-state index contributed by atoms with van der Waals surface area (Å²) in [5, 5.41) is 0. The third kappa shape index (κ3) is 3.54. The molecule has 30 heavy (non-hydrogen) atoms. The van der Waals surface area contributed by atoms with E-state index in [4.69, 9.17) is 5.73 Å². The van der Waals surface area contributed by atoms with Crippen LogP contribution in [-0.2, 0) is 6.42 Å². The summed E-state index contributed by atoms with van der Waals surface area (Å²) in [7, 11) is 0. The predicted molar refractivity (Wildman–Crippen MR) is 115 cm³/mol. The Kier molecular flexibility index (Phi) is 5.45. The third-order valence-electron chi connectivity index (χ3n) is 6.26. The minimum atomic E-state index is -2.25. The molecule has 158 valence electrons. The van der Waals surface area contributed by atoms with Crippen LogP contribution in [0.4, 0.5) is 8.78 Å². The smallest absolute Gasteiger partial charge is 0.257 e. The zero-order valence-corrected chi connectivity index (χ0v) is 17.3. The van der Waals surface area contributed by atoms with Crippen molar-refractivity contribution in [2.24, 2.45) is 5.73 Å². The lowest BCUT2D eigenvalue weighted by atomic mass is 9.73. The topological polar surface area (TPSA) is 60.9 Å². The summed E-state index contributed by atoms with van der Waals surface area (Å²) in [5.41, 5.74) is 5.95. The summed E-state index contributed by atoms with van der Waals surface area (Å²) in [6, 6.07) is 8.47. The second-order valence-corrected chi connectivity index (χ2v) is 8.56. The maximum Gasteiger partial charge on any atom is 0.257 e. The number of rotatable bonds is 4. The number of halogens is 2. The first kappa shape index (κ1) is 20.7. The van der Waals surface area contributed by atoms with Gasteiger partial charge in [-0.05, 0) is 50.3 Å². The molecule has 2 unspecified atom stereocenters. The molecule has 1 heterocycles. The molecule has 4 atom stereocenters. The molecule has 0 aliphatic heterocycles. The van der Waals surface area contributed by atoms with E-state index in [2.05, 4.69) is 4.98 Å². The van der Waals surface area contributed by atoms with E-state index in [1.54, 1.807) is 42.7 Å². The van der Waals surface area contributed by atoms with E-state index in [9.17, 15) is 4.79 Å². The lowest BCUT2D eigenvalue weighted by molar-refractivity contribution is 0.106. The van der Waals surface area contributed by atoms with E-state index in [0.717, 1.165) is 0 Å². The maximum absolute atomic E-state index is 16.1. The second kappa shape index (κ2) is 7.91. The number of nitrogens with zero attached hydrogens (tertiary/aromatic N) is 2. The first-order valence-electron chi connectivity index (χ1n) is 10.4. The van der Waals surface area contributed by atoms with Crippen molar-refractivity contribution >= 4 is 5.57 Å². The van der Waals surface area contributed by atoms with Crippen LogP contribution in [0.1, 0.15) is 55.5 Å². The highest BCUT2D eigenvalue weighted by atomic mass is 19.2. The van der Waals surface area contributed by atoms with Crippen LogP contribution in [0.25, 0.3) is 5.57 Å². The average Bonchev–Trinajstić information content (AvgIpc) is 2.73. The molecular formula is C24H27F2N3O. The fourth-order valence-electron chi connectivity index (χ4n) is 4.55. The zero-order chi connectivity index (χ0) is 21.5. The van der Waals surface area contributed by atoms with Crippen molar-refractivity contribution in [3.8, 4) is 0 Å². The lowest BCUT2D eigenvalue weighted by Gasteiger charge is -2.37.